The van der Waals surface area contributed by atoms with Gasteiger partial charge in [-0.2, -0.15) is 0 Å². The van der Waals surface area contributed by atoms with Crippen molar-refractivity contribution in [2.24, 2.45) is 0 Å². The Morgan fingerprint density at radius 3 is 2.21 bits per heavy atom. The quantitative estimate of drug-likeness (QED) is 0.556. The topological polar surface area (TPSA) is 6.48 Å². The van der Waals surface area contributed by atoms with Gasteiger partial charge >= 0.3 is 0 Å². The van der Waals surface area contributed by atoms with E-state index in [2.05, 4.69) is 98.5 Å². The van der Waals surface area contributed by atoms with Crippen molar-refractivity contribution in [1.29, 1.82) is 0 Å². The van der Waals surface area contributed by atoms with Gasteiger partial charge in [-0.05, 0) is 35.9 Å². The summed E-state index contributed by atoms with van der Waals surface area (Å²) in [5.74, 6) is 0. The third-order valence-electron chi connectivity index (χ3n) is 5.07. The Labute approximate surface area is 150 Å². The molecule has 0 aliphatic carbocycles. The average molecular weight is 377 g/mol. The van der Waals surface area contributed by atoms with E-state index in [0.717, 1.165) is 17.6 Å². The minimum absolute atomic E-state index is 0.275. The highest BCUT2D eigenvalue weighted by Gasteiger charge is 2.39. The van der Waals surface area contributed by atoms with Crippen LogP contribution in [0.1, 0.15) is 11.7 Å². The van der Waals surface area contributed by atoms with Crippen LogP contribution in [0.25, 0.3) is 11.1 Å². The highest BCUT2D eigenvalue weighted by molar-refractivity contribution is 9.10. The summed E-state index contributed by atoms with van der Waals surface area (Å²) in [5.41, 5.74) is 6.73. The molecule has 0 bridgehead atoms. The van der Waals surface area contributed by atoms with E-state index in [4.69, 9.17) is 0 Å². The summed E-state index contributed by atoms with van der Waals surface area (Å²) in [6.07, 6.45) is 0.275. The van der Waals surface area contributed by atoms with Crippen molar-refractivity contribution < 1.29 is 0 Å². The molecule has 0 radical (unpaired) electrons. The summed E-state index contributed by atoms with van der Waals surface area (Å²) >= 11 is 3.54. The number of halogens is 1. The van der Waals surface area contributed by atoms with Gasteiger partial charge in [0.1, 0.15) is 6.17 Å². The van der Waals surface area contributed by atoms with Gasteiger partial charge in [-0.1, -0.05) is 58.4 Å². The van der Waals surface area contributed by atoms with Gasteiger partial charge in [0.25, 0.3) is 0 Å². The Bertz CT molecular complexity index is 904. The largest absolute Gasteiger partial charge is 0.346 e. The number of hydrogen-bond acceptors (Lipinski definition) is 2. The maximum atomic E-state index is 3.54. The van der Waals surface area contributed by atoms with E-state index < -0.39 is 0 Å². The van der Waals surface area contributed by atoms with E-state index in [0.29, 0.717) is 0 Å². The standard InChI is InChI=1S/C21H17BrN2/c22-15-9-11-16(12-10-15)23-13-14-24-20-8-4-3-6-18(20)17-5-1-2-7-19(17)21(23)24/h1-12,21H,13-14H2. The molecule has 2 aliphatic rings. The first-order valence-corrected chi connectivity index (χ1v) is 9.09. The van der Waals surface area contributed by atoms with Gasteiger partial charge in [0.2, 0.25) is 0 Å². The molecule has 0 spiro atoms. The predicted octanol–water partition coefficient (Wildman–Crippen LogP) is 5.45. The monoisotopic (exact) mass is 376 g/mol. The summed E-state index contributed by atoms with van der Waals surface area (Å²) < 4.78 is 1.12. The molecule has 1 atom stereocenters. The van der Waals surface area contributed by atoms with Gasteiger partial charge in [-0.25, -0.2) is 0 Å². The second-order valence-electron chi connectivity index (χ2n) is 6.34. The Morgan fingerprint density at radius 1 is 0.708 bits per heavy atom. The Hall–Kier alpha value is -2.26. The van der Waals surface area contributed by atoms with Crippen LogP contribution in [0.2, 0.25) is 0 Å². The molecule has 3 aromatic rings. The number of benzene rings is 3. The molecular formula is C21H17BrN2. The molecular weight excluding hydrogens is 360 g/mol. The zero-order valence-corrected chi connectivity index (χ0v) is 14.8. The molecule has 3 heteroatoms. The van der Waals surface area contributed by atoms with Crippen LogP contribution >= 0.6 is 15.9 Å². The summed E-state index contributed by atoms with van der Waals surface area (Å²) in [6.45, 7) is 2.08. The molecule has 0 aromatic heterocycles. The lowest BCUT2D eigenvalue weighted by atomic mass is 9.91. The fourth-order valence-electron chi connectivity index (χ4n) is 4.04. The number of hydrogen-bond donors (Lipinski definition) is 0. The van der Waals surface area contributed by atoms with E-state index in [1.807, 2.05) is 0 Å². The second kappa shape index (κ2) is 5.38. The lowest BCUT2D eigenvalue weighted by Gasteiger charge is -2.39. The molecule has 1 unspecified atom stereocenters. The summed E-state index contributed by atoms with van der Waals surface area (Å²) in [7, 11) is 0. The zero-order chi connectivity index (χ0) is 16.1. The van der Waals surface area contributed by atoms with Gasteiger partial charge in [-0.3, -0.25) is 0 Å². The molecule has 2 nitrogen and oxygen atoms in total. The highest BCUT2D eigenvalue weighted by atomic mass is 79.9. The maximum Gasteiger partial charge on any atom is 0.129 e. The lowest BCUT2D eigenvalue weighted by molar-refractivity contribution is 0.711. The normalized spacial score (nSPS) is 18.1. The number of anilines is 2. The minimum Gasteiger partial charge on any atom is -0.346 e. The molecule has 24 heavy (non-hydrogen) atoms. The summed E-state index contributed by atoms with van der Waals surface area (Å²) in [6, 6.07) is 26.3. The van der Waals surface area contributed by atoms with E-state index in [-0.39, 0.29) is 6.17 Å². The van der Waals surface area contributed by atoms with Crippen LogP contribution in [0.15, 0.2) is 77.3 Å². The predicted molar refractivity (Wildman–Crippen MR) is 103 cm³/mol. The molecule has 2 heterocycles. The van der Waals surface area contributed by atoms with E-state index in [1.165, 1.54) is 28.1 Å². The first kappa shape index (κ1) is 14.1. The number of rotatable bonds is 1. The van der Waals surface area contributed by atoms with Crippen molar-refractivity contribution in [2.45, 2.75) is 6.17 Å². The van der Waals surface area contributed by atoms with Crippen LogP contribution < -0.4 is 9.80 Å². The van der Waals surface area contributed by atoms with Crippen molar-refractivity contribution in [2.75, 3.05) is 22.9 Å². The van der Waals surface area contributed by atoms with Crippen LogP contribution in [0.5, 0.6) is 0 Å². The molecule has 1 saturated heterocycles. The fraction of sp³-hybridized carbons (Fsp3) is 0.143. The van der Waals surface area contributed by atoms with E-state index in [9.17, 15) is 0 Å². The van der Waals surface area contributed by atoms with Crippen LogP contribution in [0, 0.1) is 0 Å². The van der Waals surface area contributed by atoms with E-state index >= 15 is 0 Å². The molecule has 2 aliphatic heterocycles. The van der Waals surface area contributed by atoms with Crippen LogP contribution in [-0.4, -0.2) is 13.1 Å². The fourth-order valence-corrected chi connectivity index (χ4v) is 4.30. The Morgan fingerprint density at radius 2 is 1.38 bits per heavy atom. The van der Waals surface area contributed by atoms with Crippen molar-refractivity contribution in [3.63, 3.8) is 0 Å². The SMILES string of the molecule is Brc1ccc(N2CCN3c4ccccc4-c4ccccc4C23)cc1. The Balaban J connectivity index is 1.68. The molecule has 1 fully saturated rings. The smallest absolute Gasteiger partial charge is 0.129 e. The number of nitrogens with zero attached hydrogens (tertiary/aromatic N) is 2. The van der Waals surface area contributed by atoms with Crippen LogP contribution in [-0.2, 0) is 0 Å². The van der Waals surface area contributed by atoms with Crippen molar-refractivity contribution in [3.8, 4) is 11.1 Å². The first-order valence-electron chi connectivity index (χ1n) is 8.30. The number of para-hydroxylation sites is 1. The molecule has 5 rings (SSSR count). The molecule has 0 amide bonds. The minimum atomic E-state index is 0.275. The van der Waals surface area contributed by atoms with Crippen molar-refractivity contribution in [3.05, 3.63) is 82.8 Å². The highest BCUT2D eigenvalue weighted by Crippen LogP contribution is 2.48. The third kappa shape index (κ3) is 2.01. The summed E-state index contributed by atoms with van der Waals surface area (Å²) in [5, 5.41) is 0. The van der Waals surface area contributed by atoms with Gasteiger partial charge in [0.05, 0.1) is 0 Å². The van der Waals surface area contributed by atoms with Crippen molar-refractivity contribution in [1.82, 2.24) is 0 Å². The third-order valence-corrected chi connectivity index (χ3v) is 5.60. The molecule has 118 valence electrons. The molecule has 3 aromatic carbocycles. The molecule has 0 saturated carbocycles. The van der Waals surface area contributed by atoms with Crippen molar-refractivity contribution >= 4 is 27.3 Å². The van der Waals surface area contributed by atoms with Gasteiger partial charge in [0, 0.05) is 40.1 Å². The van der Waals surface area contributed by atoms with Crippen LogP contribution in [0.3, 0.4) is 0 Å². The molecule has 0 N–H and O–H groups in total. The van der Waals surface area contributed by atoms with Gasteiger partial charge in [0.15, 0.2) is 0 Å². The second-order valence-corrected chi connectivity index (χ2v) is 7.26. The lowest BCUT2D eigenvalue weighted by Crippen LogP contribution is -2.33. The van der Waals surface area contributed by atoms with Gasteiger partial charge < -0.3 is 9.80 Å². The van der Waals surface area contributed by atoms with Gasteiger partial charge in [-0.15, -0.1) is 0 Å². The Kier molecular flexibility index (Phi) is 3.17. The van der Waals surface area contributed by atoms with E-state index in [1.54, 1.807) is 0 Å². The summed E-state index contributed by atoms with van der Waals surface area (Å²) in [4.78, 5) is 5.06. The first-order chi connectivity index (χ1) is 11.8. The average Bonchev–Trinajstić information content (AvgIpc) is 3.08. The zero-order valence-electron chi connectivity index (χ0n) is 13.2. The van der Waals surface area contributed by atoms with Crippen LogP contribution in [0.4, 0.5) is 11.4 Å². The number of fused-ring (bicyclic) bond motifs is 6. The maximum absolute atomic E-state index is 3.54.